The number of nitro groups is 1. The van der Waals surface area contributed by atoms with Gasteiger partial charge in [-0.2, -0.15) is 0 Å². The molecule has 4 fully saturated rings. The number of rotatable bonds is 4. The maximum Gasteiger partial charge on any atom is 0.456 e. The Balaban J connectivity index is 1.64. The minimum Gasteiger partial charge on any atom is -0.454 e. The number of hydrogen-bond acceptors (Lipinski definition) is 7. The first-order valence-electron chi connectivity index (χ1n) is 9.09. The Bertz CT molecular complexity index is 828. The zero-order valence-electron chi connectivity index (χ0n) is 15.7. The van der Waals surface area contributed by atoms with E-state index in [1.807, 2.05) is 0 Å². The van der Waals surface area contributed by atoms with Gasteiger partial charge in [0.1, 0.15) is 10.5 Å². The first-order chi connectivity index (χ1) is 12.5. The lowest BCUT2D eigenvalue weighted by molar-refractivity contribution is -0.404. The molecule has 1 heterocycles. The maximum atomic E-state index is 12.6. The van der Waals surface area contributed by atoms with Crippen molar-refractivity contribution in [3.05, 3.63) is 21.9 Å². The van der Waals surface area contributed by atoms with E-state index in [1.165, 1.54) is 6.92 Å². The third kappa shape index (κ3) is 2.98. The summed E-state index contributed by atoms with van der Waals surface area (Å²) in [7, 11) is 0. The fraction of sp³-hybridized carbons (Fsp3) is 0.722. The van der Waals surface area contributed by atoms with Crippen LogP contribution in [0.4, 0.5) is 5.88 Å². The molecule has 146 valence electrons. The predicted octanol–water partition coefficient (Wildman–Crippen LogP) is 2.75. The van der Waals surface area contributed by atoms with Crippen molar-refractivity contribution >= 4 is 17.8 Å². The van der Waals surface area contributed by atoms with Crippen molar-refractivity contribution in [1.82, 2.24) is 10.5 Å². The molecule has 4 bridgehead atoms. The van der Waals surface area contributed by atoms with Gasteiger partial charge in [-0.05, 0) is 42.9 Å². The molecule has 1 amide bonds. The summed E-state index contributed by atoms with van der Waals surface area (Å²) in [5, 5.41) is 17.4. The molecule has 0 aliphatic heterocycles. The Labute approximate surface area is 155 Å². The second-order valence-electron chi connectivity index (χ2n) is 9.52. The highest BCUT2D eigenvalue weighted by Gasteiger charge is 2.67. The normalized spacial score (nSPS) is 39.2. The lowest BCUT2D eigenvalue weighted by Crippen LogP contribution is -2.71. The van der Waals surface area contributed by atoms with Crippen LogP contribution >= 0.6 is 0 Å². The Hall–Kier alpha value is -2.45. The van der Waals surface area contributed by atoms with Crippen LogP contribution in [-0.4, -0.2) is 33.1 Å². The van der Waals surface area contributed by atoms with Gasteiger partial charge in [-0.3, -0.25) is 19.4 Å². The summed E-state index contributed by atoms with van der Waals surface area (Å²) in [5.41, 5.74) is -1.39. The minimum absolute atomic E-state index is 0.0396. The van der Waals surface area contributed by atoms with Gasteiger partial charge in [-0.1, -0.05) is 19.0 Å². The largest absolute Gasteiger partial charge is 0.456 e. The van der Waals surface area contributed by atoms with Crippen LogP contribution in [0.1, 0.15) is 69.8 Å². The average molecular weight is 377 g/mol. The Morgan fingerprint density at radius 1 is 1.19 bits per heavy atom. The summed E-state index contributed by atoms with van der Waals surface area (Å²) < 4.78 is 10.5. The van der Waals surface area contributed by atoms with E-state index in [0.29, 0.717) is 19.3 Å². The van der Waals surface area contributed by atoms with Crippen LogP contribution in [0.3, 0.4) is 0 Å². The number of hydrogen-bond donors (Lipinski definition) is 1. The monoisotopic (exact) mass is 377 g/mol. The highest BCUT2D eigenvalue weighted by atomic mass is 16.7. The molecular weight excluding hydrogens is 354 g/mol. The molecule has 4 aliphatic rings. The average Bonchev–Trinajstić information content (AvgIpc) is 2.90. The lowest BCUT2D eigenvalue weighted by atomic mass is 9.41. The van der Waals surface area contributed by atoms with Crippen LogP contribution in [0.25, 0.3) is 0 Å². The highest BCUT2D eigenvalue weighted by Crippen LogP contribution is 2.68. The van der Waals surface area contributed by atoms with Gasteiger partial charge in [0.15, 0.2) is 5.69 Å². The van der Waals surface area contributed by atoms with Gasteiger partial charge < -0.3 is 10.1 Å². The summed E-state index contributed by atoms with van der Waals surface area (Å²) in [6, 6.07) is 0.982. The Kier molecular flexibility index (Phi) is 3.52. The topological polar surface area (TPSA) is 125 Å². The molecule has 9 nitrogen and oxygen atoms in total. The van der Waals surface area contributed by atoms with Crippen LogP contribution in [0.2, 0.25) is 0 Å². The van der Waals surface area contributed by atoms with Crippen LogP contribution in [0, 0.1) is 20.9 Å². The van der Waals surface area contributed by atoms with Crippen molar-refractivity contribution in [2.24, 2.45) is 10.8 Å². The fourth-order valence-electron chi connectivity index (χ4n) is 6.90. The smallest absolute Gasteiger partial charge is 0.454 e. The number of nitrogens with one attached hydrogen (secondary N) is 1. The second-order valence-corrected chi connectivity index (χ2v) is 9.52. The standard InChI is InChI=1S/C18H23N3O6/c1-11(22)19-17-6-15(2)5-16(3,7-17)9-18(8-15,10-17)26-14(23)12-4-13(21(24)25)27-20-12/h4H,5-10H2,1-3H3,(H,19,22). The van der Waals surface area contributed by atoms with Gasteiger partial charge in [0.25, 0.3) is 0 Å². The van der Waals surface area contributed by atoms with E-state index in [1.54, 1.807) is 0 Å². The lowest BCUT2D eigenvalue weighted by Gasteiger charge is -2.68. The summed E-state index contributed by atoms with van der Waals surface area (Å²) in [5.74, 6) is -1.40. The van der Waals surface area contributed by atoms with E-state index < -0.39 is 22.4 Å². The summed E-state index contributed by atoms with van der Waals surface area (Å²) in [4.78, 5) is 34.5. The van der Waals surface area contributed by atoms with Crippen molar-refractivity contribution in [3.8, 4) is 0 Å². The fourth-order valence-corrected chi connectivity index (χ4v) is 6.90. The van der Waals surface area contributed by atoms with Crippen LogP contribution in [0.15, 0.2) is 10.6 Å². The molecule has 9 heteroatoms. The second kappa shape index (κ2) is 5.30. The van der Waals surface area contributed by atoms with E-state index >= 15 is 0 Å². The number of amides is 1. The zero-order valence-corrected chi connectivity index (χ0v) is 15.7. The number of esters is 1. The first-order valence-corrected chi connectivity index (χ1v) is 9.09. The third-order valence-electron chi connectivity index (χ3n) is 6.18. The molecule has 0 radical (unpaired) electrons. The third-order valence-corrected chi connectivity index (χ3v) is 6.18. The van der Waals surface area contributed by atoms with E-state index in [-0.39, 0.29) is 28.0 Å². The van der Waals surface area contributed by atoms with Gasteiger partial charge in [0, 0.05) is 18.9 Å². The van der Waals surface area contributed by atoms with E-state index in [0.717, 1.165) is 25.3 Å². The molecule has 0 saturated heterocycles. The predicted molar refractivity (Wildman–Crippen MR) is 91.8 cm³/mol. The molecule has 5 rings (SSSR count). The molecule has 27 heavy (non-hydrogen) atoms. The highest BCUT2D eigenvalue weighted by molar-refractivity contribution is 5.88. The van der Waals surface area contributed by atoms with E-state index in [9.17, 15) is 19.7 Å². The van der Waals surface area contributed by atoms with Crippen LogP contribution in [0.5, 0.6) is 0 Å². The number of aromatic nitrogens is 1. The molecular formula is C18H23N3O6. The van der Waals surface area contributed by atoms with Crippen LogP contribution in [-0.2, 0) is 9.53 Å². The first kappa shape index (κ1) is 17.9. The van der Waals surface area contributed by atoms with E-state index in [4.69, 9.17) is 4.74 Å². The van der Waals surface area contributed by atoms with Crippen molar-refractivity contribution < 1.29 is 23.8 Å². The number of ether oxygens (including phenoxy) is 1. The Morgan fingerprint density at radius 2 is 1.81 bits per heavy atom. The van der Waals surface area contributed by atoms with Crippen molar-refractivity contribution in [2.45, 2.75) is 70.4 Å². The molecule has 4 saturated carbocycles. The maximum absolute atomic E-state index is 12.6. The van der Waals surface area contributed by atoms with Gasteiger partial charge in [-0.15, -0.1) is 0 Å². The molecule has 1 aromatic heterocycles. The van der Waals surface area contributed by atoms with E-state index in [2.05, 4.69) is 28.8 Å². The number of nitrogens with zero attached hydrogens (tertiary/aromatic N) is 2. The summed E-state index contributed by atoms with van der Waals surface area (Å²) in [6.45, 7) is 5.88. The van der Waals surface area contributed by atoms with Crippen molar-refractivity contribution in [2.75, 3.05) is 0 Å². The minimum atomic E-state index is -0.748. The van der Waals surface area contributed by atoms with Gasteiger partial charge in [0.05, 0.1) is 6.07 Å². The molecule has 0 spiro atoms. The number of carbonyl (C=O) groups is 2. The zero-order chi connectivity index (χ0) is 19.7. The van der Waals surface area contributed by atoms with Gasteiger partial charge >= 0.3 is 11.9 Å². The van der Waals surface area contributed by atoms with Gasteiger partial charge in [-0.25, -0.2) is 4.79 Å². The molecule has 0 aromatic carbocycles. The number of carbonyl (C=O) groups excluding carboxylic acids is 2. The van der Waals surface area contributed by atoms with Crippen LogP contribution < -0.4 is 5.32 Å². The van der Waals surface area contributed by atoms with Gasteiger partial charge in [0.2, 0.25) is 5.91 Å². The molecule has 1 aromatic rings. The molecule has 1 N–H and O–H groups in total. The molecule has 2 atom stereocenters. The van der Waals surface area contributed by atoms with Crippen molar-refractivity contribution in [3.63, 3.8) is 0 Å². The Morgan fingerprint density at radius 3 is 2.33 bits per heavy atom. The quantitative estimate of drug-likeness (QED) is 0.486. The molecule has 4 aliphatic carbocycles. The SMILES string of the molecule is CC(=O)NC12CC3(C)CC(C)(C1)CC(OC(=O)c1cc([N+](=O)[O-])on1)(C3)C2. The van der Waals surface area contributed by atoms with Crippen molar-refractivity contribution in [1.29, 1.82) is 0 Å². The summed E-state index contributed by atoms with van der Waals surface area (Å²) in [6.07, 6.45) is 4.73. The molecule has 2 unspecified atom stereocenters. The summed E-state index contributed by atoms with van der Waals surface area (Å²) >= 11 is 0.